The van der Waals surface area contributed by atoms with E-state index in [1.165, 1.54) is 0 Å². The number of nitrogens with one attached hydrogen (secondary N) is 1. The van der Waals surface area contributed by atoms with Gasteiger partial charge in [-0.2, -0.15) is 15.0 Å². The molecule has 1 saturated heterocycles. The first-order chi connectivity index (χ1) is 9.93. The SMILES string of the molecule is CN(C)c1nc(NN)nc(N(C)CC2(O)CCOCC2)n1. The van der Waals surface area contributed by atoms with Crippen molar-refractivity contribution in [1.82, 2.24) is 15.0 Å². The first-order valence-corrected chi connectivity index (χ1v) is 6.85. The van der Waals surface area contributed by atoms with Crippen molar-refractivity contribution in [1.29, 1.82) is 0 Å². The third-order valence-electron chi connectivity index (χ3n) is 3.44. The van der Waals surface area contributed by atoms with E-state index >= 15 is 0 Å². The lowest BCUT2D eigenvalue weighted by atomic mass is 9.94. The van der Waals surface area contributed by atoms with Gasteiger partial charge in [-0.1, -0.05) is 0 Å². The largest absolute Gasteiger partial charge is 0.388 e. The number of hydrogen-bond donors (Lipinski definition) is 3. The molecule has 1 aromatic heterocycles. The summed E-state index contributed by atoms with van der Waals surface area (Å²) in [4.78, 5) is 16.3. The molecule has 1 aliphatic rings. The van der Waals surface area contributed by atoms with Crippen LogP contribution >= 0.6 is 0 Å². The molecule has 0 aliphatic carbocycles. The Morgan fingerprint density at radius 2 is 1.81 bits per heavy atom. The van der Waals surface area contributed by atoms with Crippen molar-refractivity contribution in [3.63, 3.8) is 0 Å². The van der Waals surface area contributed by atoms with E-state index in [9.17, 15) is 5.11 Å². The van der Waals surface area contributed by atoms with Crippen molar-refractivity contribution >= 4 is 17.8 Å². The summed E-state index contributed by atoms with van der Waals surface area (Å²) in [5, 5.41) is 10.6. The van der Waals surface area contributed by atoms with Gasteiger partial charge in [-0.15, -0.1) is 0 Å². The van der Waals surface area contributed by atoms with Crippen molar-refractivity contribution in [2.75, 3.05) is 56.1 Å². The molecular formula is C12H23N7O2. The lowest BCUT2D eigenvalue weighted by Gasteiger charge is -2.35. The predicted octanol–water partition coefficient (Wildman–Crippen LogP) is -0.799. The minimum atomic E-state index is -0.784. The van der Waals surface area contributed by atoms with Crippen LogP contribution in [0.1, 0.15) is 12.8 Å². The molecule has 9 heteroatoms. The molecule has 0 aromatic carbocycles. The standard InChI is InChI=1S/C12H23N7O2/c1-18(2)10-14-9(17-13)15-11(16-10)19(3)8-12(20)4-6-21-7-5-12/h20H,4-8,13H2,1-3H3,(H,14,15,16,17). The summed E-state index contributed by atoms with van der Waals surface area (Å²) >= 11 is 0. The van der Waals surface area contributed by atoms with E-state index in [0.717, 1.165) is 0 Å². The van der Waals surface area contributed by atoms with Gasteiger partial charge < -0.3 is 19.6 Å². The number of nitrogens with zero attached hydrogens (tertiary/aromatic N) is 5. The number of nitrogen functional groups attached to an aromatic ring is 1. The second-order valence-corrected chi connectivity index (χ2v) is 5.49. The van der Waals surface area contributed by atoms with E-state index in [1.807, 2.05) is 21.1 Å². The monoisotopic (exact) mass is 297 g/mol. The highest BCUT2D eigenvalue weighted by Crippen LogP contribution is 2.23. The molecule has 9 nitrogen and oxygen atoms in total. The number of hydrazine groups is 1. The third kappa shape index (κ3) is 3.90. The van der Waals surface area contributed by atoms with Crippen molar-refractivity contribution in [3.05, 3.63) is 0 Å². The van der Waals surface area contributed by atoms with Gasteiger partial charge in [-0.3, -0.25) is 5.43 Å². The fourth-order valence-electron chi connectivity index (χ4n) is 2.21. The molecule has 0 spiro atoms. The van der Waals surface area contributed by atoms with Gasteiger partial charge in [0.15, 0.2) is 0 Å². The molecule has 0 bridgehead atoms. The molecule has 21 heavy (non-hydrogen) atoms. The van der Waals surface area contributed by atoms with E-state index in [2.05, 4.69) is 20.4 Å². The van der Waals surface area contributed by atoms with Crippen molar-refractivity contribution in [2.45, 2.75) is 18.4 Å². The molecule has 0 saturated carbocycles. The number of rotatable bonds is 5. The van der Waals surface area contributed by atoms with E-state index < -0.39 is 5.60 Å². The van der Waals surface area contributed by atoms with Crippen LogP contribution in [0.15, 0.2) is 0 Å². The summed E-state index contributed by atoms with van der Waals surface area (Å²) in [6.45, 7) is 1.57. The molecule has 1 aromatic rings. The van der Waals surface area contributed by atoms with Crippen LogP contribution in [-0.2, 0) is 4.74 Å². The lowest BCUT2D eigenvalue weighted by molar-refractivity contribution is -0.0574. The number of ether oxygens (including phenoxy) is 1. The molecule has 0 unspecified atom stereocenters. The van der Waals surface area contributed by atoms with Crippen LogP contribution < -0.4 is 21.1 Å². The maximum absolute atomic E-state index is 10.6. The molecule has 2 heterocycles. The Kier molecular flexibility index (Phi) is 4.76. The summed E-state index contributed by atoms with van der Waals surface area (Å²) < 4.78 is 5.29. The zero-order valence-electron chi connectivity index (χ0n) is 12.7. The van der Waals surface area contributed by atoms with Gasteiger partial charge in [0.2, 0.25) is 17.8 Å². The van der Waals surface area contributed by atoms with Crippen LogP contribution in [0.5, 0.6) is 0 Å². The Morgan fingerprint density at radius 3 is 2.38 bits per heavy atom. The molecule has 0 radical (unpaired) electrons. The normalized spacial score (nSPS) is 17.4. The molecule has 1 aliphatic heterocycles. The van der Waals surface area contributed by atoms with Gasteiger partial charge in [0.25, 0.3) is 0 Å². The molecule has 0 amide bonds. The summed E-state index contributed by atoms with van der Waals surface area (Å²) in [6.07, 6.45) is 1.20. The van der Waals surface area contributed by atoms with Crippen LogP contribution in [0.3, 0.4) is 0 Å². The summed E-state index contributed by atoms with van der Waals surface area (Å²) in [5.74, 6) is 6.64. The lowest BCUT2D eigenvalue weighted by Crippen LogP contribution is -2.46. The average Bonchev–Trinajstić information content (AvgIpc) is 2.46. The number of nitrogens with two attached hydrogens (primary N) is 1. The van der Waals surface area contributed by atoms with E-state index in [-0.39, 0.29) is 5.95 Å². The highest BCUT2D eigenvalue weighted by atomic mass is 16.5. The topological polar surface area (TPSA) is 113 Å². The molecule has 1 fully saturated rings. The fraction of sp³-hybridized carbons (Fsp3) is 0.750. The molecular weight excluding hydrogens is 274 g/mol. The quantitative estimate of drug-likeness (QED) is 0.475. The van der Waals surface area contributed by atoms with Gasteiger partial charge in [-0.05, 0) is 0 Å². The molecule has 118 valence electrons. The third-order valence-corrected chi connectivity index (χ3v) is 3.44. The minimum absolute atomic E-state index is 0.287. The smallest absolute Gasteiger partial charge is 0.243 e. The predicted molar refractivity (Wildman–Crippen MR) is 80.2 cm³/mol. The summed E-state index contributed by atoms with van der Waals surface area (Å²) in [7, 11) is 5.51. The summed E-state index contributed by atoms with van der Waals surface area (Å²) in [5.41, 5.74) is 1.65. The Labute approximate surface area is 124 Å². The van der Waals surface area contributed by atoms with Crippen LogP contribution in [0.4, 0.5) is 17.8 Å². The van der Waals surface area contributed by atoms with Crippen LogP contribution in [0, 0.1) is 0 Å². The highest BCUT2D eigenvalue weighted by molar-refractivity contribution is 5.43. The van der Waals surface area contributed by atoms with Gasteiger partial charge in [0, 0.05) is 53.7 Å². The Hall–Kier alpha value is -1.71. The minimum Gasteiger partial charge on any atom is -0.388 e. The Bertz CT molecular complexity index is 477. The van der Waals surface area contributed by atoms with Crippen LogP contribution in [0.2, 0.25) is 0 Å². The van der Waals surface area contributed by atoms with E-state index in [4.69, 9.17) is 10.6 Å². The van der Waals surface area contributed by atoms with Gasteiger partial charge >= 0.3 is 0 Å². The number of hydrogen-bond acceptors (Lipinski definition) is 9. The molecule has 2 rings (SSSR count). The molecule has 0 atom stereocenters. The average molecular weight is 297 g/mol. The van der Waals surface area contributed by atoms with Crippen LogP contribution in [-0.4, -0.2) is 66.6 Å². The maximum atomic E-state index is 10.6. The van der Waals surface area contributed by atoms with Gasteiger partial charge in [0.1, 0.15) is 0 Å². The first-order valence-electron chi connectivity index (χ1n) is 6.85. The van der Waals surface area contributed by atoms with Crippen LogP contribution in [0.25, 0.3) is 0 Å². The molecule has 4 N–H and O–H groups in total. The maximum Gasteiger partial charge on any atom is 0.243 e. The van der Waals surface area contributed by atoms with Gasteiger partial charge in [-0.25, -0.2) is 5.84 Å². The zero-order chi connectivity index (χ0) is 15.5. The van der Waals surface area contributed by atoms with Crippen molar-refractivity contribution < 1.29 is 9.84 Å². The van der Waals surface area contributed by atoms with E-state index in [1.54, 1.807) is 9.80 Å². The zero-order valence-corrected chi connectivity index (χ0v) is 12.7. The number of likely N-dealkylation sites (N-methyl/N-ethyl adjacent to an activating group) is 1. The number of aliphatic hydroxyl groups is 1. The fourth-order valence-corrected chi connectivity index (χ4v) is 2.21. The summed E-state index contributed by atoms with van der Waals surface area (Å²) in [6, 6.07) is 0. The van der Waals surface area contributed by atoms with Crippen molar-refractivity contribution in [3.8, 4) is 0 Å². The Balaban J connectivity index is 2.17. The second kappa shape index (κ2) is 6.37. The first kappa shape index (κ1) is 15.7. The second-order valence-electron chi connectivity index (χ2n) is 5.49. The Morgan fingerprint density at radius 1 is 1.19 bits per heavy atom. The van der Waals surface area contributed by atoms with Crippen molar-refractivity contribution in [2.24, 2.45) is 5.84 Å². The number of aromatic nitrogens is 3. The van der Waals surface area contributed by atoms with E-state index in [0.29, 0.717) is 44.5 Å². The number of anilines is 3. The highest BCUT2D eigenvalue weighted by Gasteiger charge is 2.32. The van der Waals surface area contributed by atoms with Gasteiger partial charge in [0.05, 0.1) is 5.60 Å².